The average Bonchev–Trinajstić information content (AvgIpc) is 3.17. The van der Waals surface area contributed by atoms with Crippen molar-refractivity contribution in [1.29, 1.82) is 0 Å². The van der Waals surface area contributed by atoms with Crippen LogP contribution in [0, 0.1) is 11.8 Å². The van der Waals surface area contributed by atoms with Gasteiger partial charge in [0, 0.05) is 13.1 Å². The van der Waals surface area contributed by atoms with E-state index in [0.717, 1.165) is 11.0 Å². The molecule has 36 heavy (non-hydrogen) atoms. The van der Waals surface area contributed by atoms with E-state index in [1.807, 2.05) is 79.7 Å². The molecule has 1 amide bonds. The van der Waals surface area contributed by atoms with Crippen molar-refractivity contribution in [3.05, 3.63) is 29.8 Å². The zero-order chi connectivity index (χ0) is 27.5. The Morgan fingerprint density at radius 1 is 1.03 bits per heavy atom. The number of nitrogens with zero attached hydrogens (tertiary/aromatic N) is 1. The number of esters is 1. The summed E-state index contributed by atoms with van der Waals surface area (Å²) >= 11 is 0. The highest BCUT2D eigenvalue weighted by Crippen LogP contribution is 2.30. The van der Waals surface area contributed by atoms with Crippen LogP contribution < -0.4 is 5.46 Å². The summed E-state index contributed by atoms with van der Waals surface area (Å²) < 4.78 is 17.4. The minimum Gasteiger partial charge on any atom is -0.460 e. The lowest BCUT2D eigenvalue weighted by Crippen LogP contribution is -2.49. The highest BCUT2D eigenvalue weighted by molar-refractivity contribution is 6.47. The van der Waals surface area contributed by atoms with Gasteiger partial charge in [-0.05, 0) is 93.6 Å². The normalized spacial score (nSPS) is 18.1. The van der Waals surface area contributed by atoms with E-state index in [0.29, 0.717) is 33.4 Å². The number of benzene rings is 1. The smallest absolute Gasteiger partial charge is 0.410 e. The molecule has 1 aliphatic rings. The summed E-state index contributed by atoms with van der Waals surface area (Å²) in [5.41, 5.74) is -0.913. The second-order valence-electron chi connectivity index (χ2n) is 13.0. The quantitative estimate of drug-likeness (QED) is 0.427. The van der Waals surface area contributed by atoms with E-state index in [9.17, 15) is 14.7 Å². The predicted molar refractivity (Wildman–Crippen MR) is 144 cm³/mol. The molecule has 1 aromatic rings. The number of amides is 1. The first kappa shape index (κ1) is 30.2. The number of hydrogen-bond donors (Lipinski definition) is 1. The Balaban J connectivity index is 2.19. The van der Waals surface area contributed by atoms with Crippen molar-refractivity contribution in [3.8, 4) is 0 Å². The van der Waals surface area contributed by atoms with Crippen LogP contribution in [-0.2, 0) is 25.3 Å². The molecule has 1 heterocycles. The molecule has 0 radical (unpaired) electrons. The first-order valence-electron chi connectivity index (χ1n) is 12.9. The van der Waals surface area contributed by atoms with Crippen LogP contribution in [0.1, 0.15) is 81.2 Å². The molecule has 8 heteroatoms. The van der Waals surface area contributed by atoms with Crippen molar-refractivity contribution < 1.29 is 28.8 Å². The third kappa shape index (κ3) is 9.11. The van der Waals surface area contributed by atoms with E-state index < -0.39 is 22.4 Å². The molecule has 1 fully saturated rings. The number of rotatable bonds is 8. The van der Waals surface area contributed by atoms with Crippen molar-refractivity contribution in [2.24, 2.45) is 11.8 Å². The van der Waals surface area contributed by atoms with Gasteiger partial charge in [0.25, 0.3) is 0 Å². The molecule has 2 rings (SSSR count). The maximum Gasteiger partial charge on any atom is 0.410 e. The van der Waals surface area contributed by atoms with Crippen LogP contribution in [0.5, 0.6) is 0 Å². The predicted octanol–water partition coefficient (Wildman–Crippen LogP) is 3.99. The molecular weight excluding hydrogens is 457 g/mol. The Hall–Kier alpha value is -2.06. The van der Waals surface area contributed by atoms with Gasteiger partial charge in [0.1, 0.15) is 11.2 Å². The first-order valence-corrected chi connectivity index (χ1v) is 12.9. The summed E-state index contributed by atoms with van der Waals surface area (Å²) in [6.45, 7) is 19.4. The van der Waals surface area contributed by atoms with Crippen molar-refractivity contribution in [2.45, 2.75) is 104 Å². The monoisotopic (exact) mass is 503 g/mol. The van der Waals surface area contributed by atoms with Gasteiger partial charge in [0.2, 0.25) is 0 Å². The Kier molecular flexibility index (Phi) is 9.33. The van der Waals surface area contributed by atoms with E-state index >= 15 is 0 Å². The maximum absolute atomic E-state index is 13.3. The number of aliphatic hydroxyl groups is 1. The summed E-state index contributed by atoms with van der Waals surface area (Å²) in [5.74, 6) is -0.662. The Labute approximate surface area is 218 Å². The topological polar surface area (TPSA) is 85.3 Å². The molecule has 0 saturated carbocycles. The zero-order valence-corrected chi connectivity index (χ0v) is 23.9. The summed E-state index contributed by atoms with van der Waals surface area (Å²) in [4.78, 5) is 27.6. The molecule has 1 aromatic carbocycles. The number of carbonyl (C=O) groups excluding carboxylic acids is 2. The zero-order valence-electron chi connectivity index (χ0n) is 23.9. The fraction of sp³-hybridized carbons (Fsp3) is 0.714. The van der Waals surface area contributed by atoms with Crippen LogP contribution in [0.15, 0.2) is 24.3 Å². The van der Waals surface area contributed by atoms with Crippen LogP contribution >= 0.6 is 0 Å². The van der Waals surface area contributed by atoms with E-state index in [1.54, 1.807) is 18.7 Å². The van der Waals surface area contributed by atoms with Crippen LogP contribution in [0.2, 0.25) is 0 Å². The Morgan fingerprint density at radius 3 is 2.19 bits per heavy atom. The summed E-state index contributed by atoms with van der Waals surface area (Å²) in [7, 11) is 0.345. The minimum atomic E-state index is -0.991. The number of likely N-dealkylation sites (tertiary alicyclic amines) is 1. The summed E-state index contributed by atoms with van der Waals surface area (Å²) in [5, 5.41) is 10.4. The molecule has 202 valence electrons. The molecule has 0 bridgehead atoms. The molecule has 1 aliphatic heterocycles. The fourth-order valence-electron chi connectivity index (χ4n) is 3.97. The highest BCUT2D eigenvalue weighted by Gasteiger charge is 2.39. The Morgan fingerprint density at radius 2 is 1.64 bits per heavy atom. The molecule has 0 spiro atoms. The van der Waals surface area contributed by atoms with Crippen molar-refractivity contribution in [3.63, 3.8) is 0 Å². The SMILES string of the molecule is CC(C)(C)OC(=O)[C@@H](Cc1cccc(BOC(C)(C)C(C)(C)O)c1)[C@H]1CCN(C(=O)OC(C)(C)C)C1. The third-order valence-electron chi connectivity index (χ3n) is 6.68. The van der Waals surface area contributed by atoms with Gasteiger partial charge in [-0.3, -0.25) is 4.79 Å². The van der Waals surface area contributed by atoms with Crippen molar-refractivity contribution in [1.82, 2.24) is 4.90 Å². The largest absolute Gasteiger partial charge is 0.460 e. The standard InChI is InChI=1S/C28H46BNO6/c1-25(2,3)34-23(31)22(20-14-15-30(18-20)24(32)35-26(4,5)6)17-19-12-11-13-21(16-19)29-36-28(9,10)27(7,8)33/h11-13,16,20,22,29,33H,14-15,17-18H2,1-10H3/t20-,22-/m0/s1. The van der Waals surface area contributed by atoms with Gasteiger partial charge in [-0.1, -0.05) is 29.7 Å². The summed E-state index contributed by atoms with van der Waals surface area (Å²) in [6.07, 6.45) is 0.873. The lowest BCUT2D eigenvalue weighted by molar-refractivity contribution is -0.161. The van der Waals surface area contributed by atoms with Gasteiger partial charge in [0.15, 0.2) is 0 Å². The van der Waals surface area contributed by atoms with Crippen LogP contribution in [0.4, 0.5) is 4.79 Å². The second kappa shape index (κ2) is 11.1. The van der Waals surface area contributed by atoms with Gasteiger partial charge in [-0.25, -0.2) is 4.79 Å². The van der Waals surface area contributed by atoms with Gasteiger partial charge >= 0.3 is 19.5 Å². The molecule has 1 N–H and O–H groups in total. The van der Waals surface area contributed by atoms with Crippen LogP contribution in [0.25, 0.3) is 0 Å². The highest BCUT2D eigenvalue weighted by atomic mass is 16.6. The second-order valence-corrected chi connectivity index (χ2v) is 13.0. The fourth-order valence-corrected chi connectivity index (χ4v) is 3.97. The van der Waals surface area contributed by atoms with Gasteiger partial charge in [-0.2, -0.15) is 0 Å². The molecule has 2 atom stereocenters. The van der Waals surface area contributed by atoms with Gasteiger partial charge in [-0.15, -0.1) is 0 Å². The lowest BCUT2D eigenvalue weighted by atomic mass is 9.80. The number of ether oxygens (including phenoxy) is 2. The maximum atomic E-state index is 13.3. The number of hydrogen-bond acceptors (Lipinski definition) is 6. The van der Waals surface area contributed by atoms with E-state index in [1.165, 1.54) is 0 Å². The summed E-state index contributed by atoms with van der Waals surface area (Å²) in [6, 6.07) is 7.98. The van der Waals surface area contributed by atoms with E-state index in [-0.39, 0.29) is 23.9 Å². The molecule has 1 saturated heterocycles. The third-order valence-corrected chi connectivity index (χ3v) is 6.68. The minimum absolute atomic E-state index is 0.0265. The van der Waals surface area contributed by atoms with Crippen molar-refractivity contribution in [2.75, 3.05) is 13.1 Å². The molecule has 0 aliphatic carbocycles. The Bertz CT molecular complexity index is 910. The number of carbonyl (C=O) groups is 2. The van der Waals surface area contributed by atoms with Crippen molar-refractivity contribution >= 4 is 25.0 Å². The lowest BCUT2D eigenvalue weighted by Gasteiger charge is -2.37. The van der Waals surface area contributed by atoms with Gasteiger partial charge < -0.3 is 24.1 Å². The van der Waals surface area contributed by atoms with E-state index in [2.05, 4.69) is 0 Å². The van der Waals surface area contributed by atoms with Gasteiger partial charge in [0.05, 0.1) is 17.1 Å². The van der Waals surface area contributed by atoms with E-state index in [4.69, 9.17) is 14.1 Å². The average molecular weight is 503 g/mol. The van der Waals surface area contributed by atoms with Crippen LogP contribution in [0.3, 0.4) is 0 Å². The molecular formula is C28H46BNO6. The molecule has 7 nitrogen and oxygen atoms in total. The molecule has 0 unspecified atom stereocenters. The first-order chi connectivity index (χ1) is 16.3. The van der Waals surface area contributed by atoms with Crippen LogP contribution in [-0.4, -0.2) is 65.0 Å². The molecule has 0 aromatic heterocycles.